The maximum atomic E-state index is 9.62. The molecule has 6 heteroatoms. The molecule has 0 aromatic carbocycles. The minimum atomic E-state index is -0.301. The first-order valence-corrected chi connectivity index (χ1v) is 6.75. The van der Waals surface area contributed by atoms with E-state index in [1.165, 1.54) is 0 Å². The third kappa shape index (κ3) is 2.66. The average molecular weight is 290 g/mol. The number of rotatable bonds is 3. The van der Waals surface area contributed by atoms with Crippen molar-refractivity contribution in [1.82, 2.24) is 4.98 Å². The minimum Gasteiger partial charge on any atom is -0.393 e. The molecule has 4 nitrogen and oxygen atoms in total. The number of nitrogens with one attached hydrogen (secondary N) is 1. The molecule has 1 aromatic heterocycles. The van der Waals surface area contributed by atoms with Crippen LogP contribution in [0.15, 0.2) is 6.07 Å². The smallest absolute Gasteiger partial charge is 0.149 e. The highest BCUT2D eigenvalue weighted by Gasteiger charge is 2.28. The zero-order chi connectivity index (χ0) is 13.3. The molecule has 1 fully saturated rings. The van der Waals surface area contributed by atoms with Gasteiger partial charge in [-0.2, -0.15) is 0 Å². The second-order valence-electron chi connectivity index (χ2n) is 4.61. The summed E-state index contributed by atoms with van der Waals surface area (Å²) in [5, 5.41) is 13.6. The van der Waals surface area contributed by atoms with Crippen LogP contribution in [0.2, 0.25) is 10.0 Å². The molecule has 18 heavy (non-hydrogen) atoms. The number of anilines is 2. The third-order valence-corrected chi connectivity index (χ3v) is 3.92. The van der Waals surface area contributed by atoms with Crippen molar-refractivity contribution in [3.63, 3.8) is 0 Å². The van der Waals surface area contributed by atoms with Crippen LogP contribution < -0.4 is 10.2 Å². The summed E-state index contributed by atoms with van der Waals surface area (Å²) in [6.45, 7) is 3.45. The molecule has 2 atom stereocenters. The normalized spacial score (nSPS) is 21.2. The quantitative estimate of drug-likeness (QED) is 0.898. The molecule has 2 heterocycles. The Hall–Kier alpha value is -0.710. The molecule has 2 unspecified atom stereocenters. The number of aromatic nitrogens is 1. The molecule has 0 spiro atoms. The van der Waals surface area contributed by atoms with E-state index >= 15 is 0 Å². The van der Waals surface area contributed by atoms with E-state index in [2.05, 4.69) is 15.2 Å². The summed E-state index contributed by atoms with van der Waals surface area (Å²) < 4.78 is 0. The topological polar surface area (TPSA) is 48.4 Å². The summed E-state index contributed by atoms with van der Waals surface area (Å²) in [5.41, 5.74) is 0. The summed E-state index contributed by atoms with van der Waals surface area (Å²) in [7, 11) is 1.77. The largest absolute Gasteiger partial charge is 0.393 e. The van der Waals surface area contributed by atoms with E-state index in [1.807, 2.05) is 6.92 Å². The predicted octanol–water partition coefficient (Wildman–Crippen LogP) is 2.64. The molecule has 1 aliphatic rings. The van der Waals surface area contributed by atoms with Crippen LogP contribution in [0.4, 0.5) is 11.6 Å². The molecule has 0 radical (unpaired) electrons. The van der Waals surface area contributed by atoms with Gasteiger partial charge in [0.1, 0.15) is 11.6 Å². The highest BCUT2D eigenvalue weighted by molar-refractivity contribution is 6.37. The Morgan fingerprint density at radius 1 is 1.50 bits per heavy atom. The van der Waals surface area contributed by atoms with Crippen molar-refractivity contribution >= 4 is 34.8 Å². The number of pyridine rings is 1. The Morgan fingerprint density at radius 3 is 2.78 bits per heavy atom. The Morgan fingerprint density at radius 2 is 2.22 bits per heavy atom. The molecule has 2 rings (SSSR count). The minimum absolute atomic E-state index is 0.275. The fourth-order valence-corrected chi connectivity index (χ4v) is 2.80. The SMILES string of the molecule is CNc1nc(N2CCC(C(C)O)C2)c(Cl)cc1Cl. The van der Waals surface area contributed by atoms with Crippen LogP contribution in [0, 0.1) is 5.92 Å². The number of aliphatic hydroxyl groups is 1. The van der Waals surface area contributed by atoms with Crippen molar-refractivity contribution in [3.8, 4) is 0 Å². The van der Waals surface area contributed by atoms with E-state index in [4.69, 9.17) is 23.2 Å². The van der Waals surface area contributed by atoms with Crippen molar-refractivity contribution in [1.29, 1.82) is 0 Å². The second-order valence-corrected chi connectivity index (χ2v) is 5.42. The lowest BCUT2D eigenvalue weighted by Gasteiger charge is -2.20. The van der Waals surface area contributed by atoms with Gasteiger partial charge in [-0.3, -0.25) is 0 Å². The zero-order valence-corrected chi connectivity index (χ0v) is 12.0. The van der Waals surface area contributed by atoms with Crippen LogP contribution in [0.5, 0.6) is 0 Å². The Balaban J connectivity index is 2.24. The van der Waals surface area contributed by atoms with Crippen molar-refractivity contribution in [2.24, 2.45) is 5.92 Å². The molecule has 1 aliphatic heterocycles. The van der Waals surface area contributed by atoms with Gasteiger partial charge >= 0.3 is 0 Å². The molecular formula is C12H17Cl2N3O. The first-order valence-electron chi connectivity index (χ1n) is 5.99. The Labute approximate surface area is 117 Å². The summed E-state index contributed by atoms with van der Waals surface area (Å²) in [4.78, 5) is 6.53. The molecule has 0 saturated carbocycles. The van der Waals surface area contributed by atoms with E-state index in [0.717, 1.165) is 25.3 Å². The number of aliphatic hydroxyl groups excluding tert-OH is 1. The van der Waals surface area contributed by atoms with Gasteiger partial charge in [0, 0.05) is 26.1 Å². The van der Waals surface area contributed by atoms with E-state index in [0.29, 0.717) is 15.9 Å². The van der Waals surface area contributed by atoms with E-state index in [-0.39, 0.29) is 12.0 Å². The van der Waals surface area contributed by atoms with Crippen molar-refractivity contribution in [2.45, 2.75) is 19.4 Å². The van der Waals surface area contributed by atoms with Gasteiger partial charge in [-0.15, -0.1) is 0 Å². The van der Waals surface area contributed by atoms with Gasteiger partial charge in [0.15, 0.2) is 0 Å². The molecule has 1 saturated heterocycles. The number of hydrogen-bond donors (Lipinski definition) is 2. The predicted molar refractivity (Wildman–Crippen MR) is 75.8 cm³/mol. The van der Waals surface area contributed by atoms with Gasteiger partial charge in [-0.05, 0) is 19.4 Å². The maximum Gasteiger partial charge on any atom is 0.149 e. The van der Waals surface area contributed by atoms with Crippen molar-refractivity contribution < 1.29 is 5.11 Å². The number of halogens is 2. The van der Waals surface area contributed by atoms with Crippen molar-refractivity contribution in [2.75, 3.05) is 30.4 Å². The zero-order valence-electron chi connectivity index (χ0n) is 10.5. The number of hydrogen-bond acceptors (Lipinski definition) is 4. The fraction of sp³-hybridized carbons (Fsp3) is 0.583. The van der Waals surface area contributed by atoms with Crippen LogP contribution in [0.25, 0.3) is 0 Å². The van der Waals surface area contributed by atoms with Crippen LogP contribution in [-0.2, 0) is 0 Å². The summed E-state index contributed by atoms with van der Waals surface area (Å²) >= 11 is 12.2. The summed E-state index contributed by atoms with van der Waals surface area (Å²) in [6, 6.07) is 1.70. The van der Waals surface area contributed by atoms with Crippen LogP contribution in [0.3, 0.4) is 0 Å². The van der Waals surface area contributed by atoms with Crippen LogP contribution >= 0.6 is 23.2 Å². The Bertz CT molecular complexity index is 440. The lowest BCUT2D eigenvalue weighted by Crippen LogP contribution is -2.25. The molecule has 0 amide bonds. The molecular weight excluding hydrogens is 273 g/mol. The molecule has 100 valence electrons. The first kappa shape index (κ1) is 13.7. The van der Waals surface area contributed by atoms with Crippen molar-refractivity contribution in [3.05, 3.63) is 16.1 Å². The first-order chi connectivity index (χ1) is 8.52. The van der Waals surface area contributed by atoms with Gasteiger partial charge in [0.2, 0.25) is 0 Å². The molecule has 1 aromatic rings. The highest BCUT2D eigenvalue weighted by atomic mass is 35.5. The monoisotopic (exact) mass is 289 g/mol. The standard InChI is InChI=1S/C12H17Cl2N3O/c1-7(18)8-3-4-17(6-8)12-10(14)5-9(13)11(15-2)16-12/h5,7-8,18H,3-4,6H2,1-2H3,(H,15,16). The van der Waals surface area contributed by atoms with Gasteiger partial charge in [-0.1, -0.05) is 23.2 Å². The van der Waals surface area contributed by atoms with Crippen LogP contribution in [-0.4, -0.2) is 36.3 Å². The molecule has 0 bridgehead atoms. The second kappa shape index (κ2) is 5.51. The number of nitrogens with zero attached hydrogens (tertiary/aromatic N) is 2. The molecule has 0 aliphatic carbocycles. The van der Waals surface area contributed by atoms with Gasteiger partial charge in [0.25, 0.3) is 0 Å². The van der Waals surface area contributed by atoms with E-state index < -0.39 is 0 Å². The van der Waals surface area contributed by atoms with Gasteiger partial charge in [-0.25, -0.2) is 4.98 Å². The fourth-order valence-electron chi connectivity index (χ4n) is 2.23. The lowest BCUT2D eigenvalue weighted by atomic mass is 10.0. The third-order valence-electron chi connectivity index (χ3n) is 3.35. The van der Waals surface area contributed by atoms with Crippen LogP contribution in [0.1, 0.15) is 13.3 Å². The summed E-state index contributed by atoms with van der Waals surface area (Å²) in [5.74, 6) is 1.63. The lowest BCUT2D eigenvalue weighted by molar-refractivity contribution is 0.136. The van der Waals surface area contributed by atoms with Gasteiger partial charge in [0.05, 0.1) is 16.1 Å². The van der Waals surface area contributed by atoms with E-state index in [1.54, 1.807) is 13.1 Å². The summed E-state index contributed by atoms with van der Waals surface area (Å²) in [6.07, 6.45) is 0.651. The maximum absolute atomic E-state index is 9.62. The van der Waals surface area contributed by atoms with E-state index in [9.17, 15) is 5.11 Å². The average Bonchev–Trinajstić information content (AvgIpc) is 2.78. The molecule has 2 N–H and O–H groups in total. The van der Waals surface area contributed by atoms with Gasteiger partial charge < -0.3 is 15.3 Å². The highest BCUT2D eigenvalue weighted by Crippen LogP contribution is 2.34. The Kier molecular flexibility index (Phi) is 4.20.